The fourth-order valence-electron chi connectivity index (χ4n) is 2.96. The SMILES string of the molecule is CN1C(O)=C2C(=O)N(c3cccc(F)c3)[NH+]([O-])N2c2ccccc21. The van der Waals surface area contributed by atoms with Gasteiger partial charge in [-0.1, -0.05) is 18.2 Å². The van der Waals surface area contributed by atoms with Gasteiger partial charge in [-0.2, -0.15) is 10.3 Å². The van der Waals surface area contributed by atoms with Crippen LogP contribution in [0.2, 0.25) is 0 Å². The van der Waals surface area contributed by atoms with E-state index in [0.717, 1.165) is 16.1 Å². The topological polar surface area (TPSA) is 74.5 Å². The second-order valence-electron chi connectivity index (χ2n) is 5.46. The zero-order valence-corrected chi connectivity index (χ0v) is 12.6. The van der Waals surface area contributed by atoms with Crippen molar-refractivity contribution in [3.63, 3.8) is 0 Å². The van der Waals surface area contributed by atoms with Gasteiger partial charge in [0.05, 0.1) is 5.69 Å². The van der Waals surface area contributed by atoms with E-state index in [-0.39, 0.29) is 17.3 Å². The molecule has 0 saturated carbocycles. The summed E-state index contributed by atoms with van der Waals surface area (Å²) >= 11 is 0. The molecular weight excluding hydrogens is 315 g/mol. The molecule has 2 N–H and O–H groups in total. The Morgan fingerprint density at radius 2 is 1.79 bits per heavy atom. The highest BCUT2D eigenvalue weighted by atomic mass is 19.1. The summed E-state index contributed by atoms with van der Waals surface area (Å²) < 4.78 is 13.5. The molecule has 1 unspecified atom stereocenters. The number of benzene rings is 2. The second-order valence-corrected chi connectivity index (χ2v) is 5.46. The minimum absolute atomic E-state index is 0.111. The number of aliphatic hydroxyl groups is 1. The fourth-order valence-corrected chi connectivity index (χ4v) is 2.96. The molecule has 0 spiro atoms. The summed E-state index contributed by atoms with van der Waals surface area (Å²) in [7, 11) is 1.60. The van der Waals surface area contributed by atoms with Gasteiger partial charge in [0, 0.05) is 13.1 Å². The number of amides is 1. The van der Waals surface area contributed by atoms with Crippen LogP contribution in [0.4, 0.5) is 21.5 Å². The van der Waals surface area contributed by atoms with Crippen LogP contribution in [-0.2, 0) is 4.79 Å². The van der Waals surface area contributed by atoms with Gasteiger partial charge in [0.2, 0.25) is 11.6 Å². The molecule has 122 valence electrons. The monoisotopic (exact) mass is 328 g/mol. The first-order valence-electron chi connectivity index (χ1n) is 7.21. The maximum absolute atomic E-state index is 13.5. The zero-order chi connectivity index (χ0) is 17.0. The minimum Gasteiger partial charge on any atom is -0.581 e. The van der Waals surface area contributed by atoms with E-state index in [0.29, 0.717) is 11.4 Å². The van der Waals surface area contributed by atoms with Crippen molar-refractivity contribution in [2.45, 2.75) is 0 Å². The Kier molecular flexibility index (Phi) is 2.99. The van der Waals surface area contributed by atoms with Crippen molar-refractivity contribution in [3.8, 4) is 0 Å². The number of halogens is 1. The van der Waals surface area contributed by atoms with E-state index in [1.807, 2.05) is 0 Å². The Balaban J connectivity index is 1.90. The van der Waals surface area contributed by atoms with Crippen LogP contribution in [-0.4, -0.2) is 18.1 Å². The van der Waals surface area contributed by atoms with Crippen molar-refractivity contribution in [1.29, 1.82) is 0 Å². The molecule has 24 heavy (non-hydrogen) atoms. The van der Waals surface area contributed by atoms with Crippen molar-refractivity contribution in [2.75, 3.05) is 22.0 Å². The first-order valence-corrected chi connectivity index (χ1v) is 7.21. The summed E-state index contributed by atoms with van der Waals surface area (Å²) in [4.78, 5) is 14.2. The average molecular weight is 328 g/mol. The van der Waals surface area contributed by atoms with Gasteiger partial charge in [0.1, 0.15) is 17.2 Å². The highest BCUT2D eigenvalue weighted by Gasteiger charge is 2.49. The molecule has 0 aromatic heterocycles. The van der Waals surface area contributed by atoms with Crippen LogP contribution in [0.1, 0.15) is 0 Å². The van der Waals surface area contributed by atoms with Gasteiger partial charge in [0.25, 0.3) is 0 Å². The van der Waals surface area contributed by atoms with Gasteiger partial charge in [-0.05, 0) is 24.3 Å². The summed E-state index contributed by atoms with van der Waals surface area (Å²) in [6, 6.07) is 12.1. The van der Waals surface area contributed by atoms with E-state index in [9.17, 15) is 19.5 Å². The number of hydrogen-bond acceptors (Lipinski definition) is 5. The van der Waals surface area contributed by atoms with Crippen molar-refractivity contribution >= 4 is 23.0 Å². The normalized spacial score (nSPS) is 19.7. The number of nitrogens with zero attached hydrogens (tertiary/aromatic N) is 3. The minimum atomic E-state index is -0.704. The fraction of sp³-hybridized carbons (Fsp3) is 0.0625. The van der Waals surface area contributed by atoms with Crippen molar-refractivity contribution in [3.05, 3.63) is 71.1 Å². The van der Waals surface area contributed by atoms with E-state index in [1.165, 1.54) is 23.1 Å². The Labute approximate surface area is 136 Å². The van der Waals surface area contributed by atoms with Crippen LogP contribution < -0.4 is 20.2 Å². The van der Waals surface area contributed by atoms with Gasteiger partial charge >= 0.3 is 5.91 Å². The maximum atomic E-state index is 13.5. The molecule has 7 nitrogen and oxygen atoms in total. The van der Waals surface area contributed by atoms with Crippen molar-refractivity contribution < 1.29 is 19.6 Å². The number of rotatable bonds is 1. The third kappa shape index (κ3) is 1.81. The van der Waals surface area contributed by atoms with E-state index in [2.05, 4.69) is 0 Å². The summed E-state index contributed by atoms with van der Waals surface area (Å²) in [5.41, 5.74) is 1.02. The summed E-state index contributed by atoms with van der Waals surface area (Å²) in [5, 5.41) is 24.6. The molecule has 1 fully saturated rings. The van der Waals surface area contributed by atoms with Gasteiger partial charge in [-0.25, -0.2) is 4.39 Å². The number of carbonyl (C=O) groups excluding carboxylic acids is 1. The molecule has 8 heteroatoms. The van der Waals surface area contributed by atoms with E-state index in [1.54, 1.807) is 31.3 Å². The Bertz CT molecular complexity index is 885. The molecule has 1 saturated heterocycles. The summed E-state index contributed by atoms with van der Waals surface area (Å²) in [6.45, 7) is 0. The van der Waals surface area contributed by atoms with Crippen LogP contribution in [0.25, 0.3) is 0 Å². The maximum Gasteiger partial charge on any atom is 0.334 e. The van der Waals surface area contributed by atoms with Crippen molar-refractivity contribution in [2.24, 2.45) is 0 Å². The molecule has 0 radical (unpaired) electrons. The Hall–Kier alpha value is -3.10. The molecule has 0 aliphatic carbocycles. The van der Waals surface area contributed by atoms with E-state index >= 15 is 0 Å². The Morgan fingerprint density at radius 1 is 1.08 bits per heavy atom. The number of fused-ring (bicyclic) bond motifs is 3. The van der Waals surface area contributed by atoms with Gasteiger partial charge in [-0.3, -0.25) is 4.79 Å². The molecule has 1 amide bonds. The predicted molar refractivity (Wildman–Crippen MR) is 85.2 cm³/mol. The number of anilines is 3. The lowest BCUT2D eigenvalue weighted by molar-refractivity contribution is -0.848. The van der Waals surface area contributed by atoms with Crippen LogP contribution in [0, 0.1) is 11.0 Å². The molecule has 1 atom stereocenters. The standard InChI is InChI=1S/C16H13FN4O3/c1-18-12-7-2-3-8-13(12)20-14(15(18)22)16(23)19(21(20)24)11-6-4-5-10(17)9-11/h2-9,21-22H,1H3. The number of aliphatic hydroxyl groups excluding tert-OH is 1. The van der Waals surface area contributed by atoms with E-state index in [4.69, 9.17) is 0 Å². The molecule has 2 aliphatic rings. The van der Waals surface area contributed by atoms with Gasteiger partial charge in [-0.15, -0.1) is 5.01 Å². The number of quaternary nitrogens is 1. The van der Waals surface area contributed by atoms with Crippen LogP contribution in [0.3, 0.4) is 0 Å². The van der Waals surface area contributed by atoms with Crippen LogP contribution in [0.15, 0.2) is 60.1 Å². The second kappa shape index (κ2) is 4.95. The highest BCUT2D eigenvalue weighted by molar-refractivity contribution is 6.10. The number of nitrogens with one attached hydrogen (secondary N) is 1. The molecule has 4 rings (SSSR count). The first-order chi connectivity index (χ1) is 11.5. The number of carbonyl (C=O) groups is 1. The Morgan fingerprint density at radius 3 is 2.50 bits per heavy atom. The van der Waals surface area contributed by atoms with Gasteiger partial charge < -0.3 is 15.2 Å². The highest BCUT2D eigenvalue weighted by Crippen LogP contribution is 2.38. The summed E-state index contributed by atoms with van der Waals surface area (Å²) in [5.74, 6) is -1.59. The smallest absolute Gasteiger partial charge is 0.334 e. The largest absolute Gasteiger partial charge is 0.581 e. The molecule has 2 aliphatic heterocycles. The molecule has 0 bridgehead atoms. The van der Waals surface area contributed by atoms with Crippen LogP contribution >= 0.6 is 0 Å². The van der Waals surface area contributed by atoms with Gasteiger partial charge in [0.15, 0.2) is 0 Å². The summed E-state index contributed by atoms with van der Waals surface area (Å²) in [6.07, 6.45) is 0. The lowest BCUT2D eigenvalue weighted by Crippen LogP contribution is -3.18. The zero-order valence-electron chi connectivity index (χ0n) is 12.6. The molecule has 2 aromatic rings. The number of hydrogen-bond donors (Lipinski definition) is 2. The first kappa shape index (κ1) is 14.5. The lowest BCUT2D eigenvalue weighted by atomic mass is 10.2. The third-order valence-electron chi connectivity index (χ3n) is 4.09. The van der Waals surface area contributed by atoms with E-state index < -0.39 is 17.0 Å². The van der Waals surface area contributed by atoms with Crippen molar-refractivity contribution in [1.82, 2.24) is 0 Å². The molecule has 2 aromatic carbocycles. The van der Waals surface area contributed by atoms with Crippen LogP contribution in [0.5, 0.6) is 0 Å². The number of para-hydroxylation sites is 2. The lowest BCUT2D eigenvalue weighted by Gasteiger charge is -2.36. The third-order valence-corrected chi connectivity index (χ3v) is 4.09. The quantitative estimate of drug-likeness (QED) is 0.766. The molecule has 2 heterocycles. The average Bonchev–Trinajstić information content (AvgIpc) is 2.84. The predicted octanol–water partition coefficient (Wildman–Crippen LogP) is 1.07. The molecular formula is C16H13FN4O3.